The molecule has 5 fully saturated rings. The first-order chi connectivity index (χ1) is 48.0. The van der Waals surface area contributed by atoms with Crippen LogP contribution in [-0.4, -0.2) is 195 Å². The number of alkyl halides is 1. The molecule has 7 aromatic rings. The molecule has 25 heteroatoms. The first-order valence-corrected chi connectivity index (χ1v) is 39.0. The molecule has 12 rings (SSSR count). The number of hydrogen-bond donors (Lipinski definition) is 3. The molecule has 5 aliphatic rings. The molecule has 4 aromatic heterocycles. The molecule has 3 N–H and O–H groups in total. The number of carbonyl (C=O) groups excluding carboxylic acids is 3. The number of likely N-dealkylation sites (tertiary alicyclic amines) is 2. The number of fused-ring (bicyclic) bond motifs is 4. The van der Waals surface area contributed by atoms with E-state index in [1.54, 1.807) is 23.5 Å². The number of aliphatic hydroxyl groups excluding tert-OH is 1. The van der Waals surface area contributed by atoms with Crippen LogP contribution in [0.15, 0.2) is 70.8 Å². The summed E-state index contributed by atoms with van der Waals surface area (Å²) in [7, 11) is -2.38. The molecular weight excluding hydrogens is 1330 g/mol. The minimum Gasteiger partial charge on any atom is -0.508 e. The SMILES string of the molecule is Cc1ncsc1-c1ccc([C@H](C)NC(=O)[C@@H]2C[C@@H](O)CN2C(=O)[C@@H](c2cc(N3CCN(CC4(F)CCN(CCOc5nc(N6CC7CCC(C6)N7C(=O)OC(C)(C)C)c6cnc(-c7cc(O)cc8ccc(F)c(C#C[Si](C(C)C)(C(C)C)C(C)C)c78)c(F)c6n5)CC4)CC3)no2)C(C)C)cc1. The Morgan fingerprint density at radius 2 is 1.53 bits per heavy atom. The Hall–Kier alpha value is -7.89. The number of thiazole rings is 1. The fourth-order valence-corrected chi connectivity index (χ4v) is 22.4. The molecule has 2 unspecified atom stereocenters. The number of aliphatic hydroxyl groups is 1. The number of ether oxygens (including phenoxy) is 2. The van der Waals surface area contributed by atoms with E-state index in [1.807, 2.05) is 88.0 Å². The Morgan fingerprint density at radius 3 is 2.17 bits per heavy atom. The predicted octanol–water partition coefficient (Wildman–Crippen LogP) is 13.0. The van der Waals surface area contributed by atoms with Gasteiger partial charge in [0.1, 0.15) is 66.5 Å². The summed E-state index contributed by atoms with van der Waals surface area (Å²) in [4.78, 5) is 73.6. The van der Waals surface area contributed by atoms with Crippen molar-refractivity contribution in [2.75, 3.05) is 88.4 Å². The number of nitrogens with zero attached hydrogens (tertiary/aromatic N) is 11. The number of halogens is 3. The number of rotatable bonds is 19. The van der Waals surface area contributed by atoms with Gasteiger partial charge in [-0.15, -0.1) is 16.9 Å². The molecule has 0 aliphatic carbocycles. The number of piperidine rings is 1. The van der Waals surface area contributed by atoms with Crippen LogP contribution in [0, 0.1) is 35.9 Å². The smallest absolute Gasteiger partial charge is 0.410 e. The van der Waals surface area contributed by atoms with Crippen LogP contribution in [0.25, 0.3) is 43.4 Å². The number of aromatic hydroxyl groups is 1. The highest BCUT2D eigenvalue weighted by molar-refractivity contribution is 7.13. The maximum Gasteiger partial charge on any atom is 0.410 e. The molecule has 0 saturated carbocycles. The molecular formula is C76H97F3N12O8SSi. The number of aromatic nitrogens is 5. The van der Waals surface area contributed by atoms with Crippen LogP contribution >= 0.6 is 11.3 Å². The van der Waals surface area contributed by atoms with Gasteiger partial charge in [-0.3, -0.25) is 29.3 Å². The number of aryl methyl sites for hydroxylation is 1. The van der Waals surface area contributed by atoms with E-state index in [2.05, 4.69) is 83.2 Å². The van der Waals surface area contributed by atoms with Gasteiger partial charge < -0.3 is 44.2 Å². The third-order valence-corrected chi connectivity index (χ3v) is 28.9. The number of phenols is 1. The number of carbonyl (C=O) groups is 3. The van der Waals surface area contributed by atoms with Crippen molar-refractivity contribution in [3.8, 4) is 44.9 Å². The van der Waals surface area contributed by atoms with Crippen LogP contribution in [0.3, 0.4) is 0 Å². The number of benzene rings is 3. The van der Waals surface area contributed by atoms with E-state index in [4.69, 9.17) is 28.9 Å². The molecule has 9 heterocycles. The molecule has 5 saturated heterocycles. The van der Waals surface area contributed by atoms with Gasteiger partial charge in [-0.25, -0.2) is 22.9 Å². The minimum atomic E-state index is -2.38. The fraction of sp³-hybridized carbons (Fsp3) is 0.553. The van der Waals surface area contributed by atoms with Crippen molar-refractivity contribution in [1.82, 2.24) is 50.0 Å². The molecule has 6 atom stereocenters. The largest absolute Gasteiger partial charge is 0.508 e. The number of hydrogen-bond acceptors (Lipinski definition) is 18. The molecule has 0 spiro atoms. The van der Waals surface area contributed by atoms with Crippen LogP contribution in [0.2, 0.25) is 16.6 Å². The lowest BCUT2D eigenvalue weighted by atomic mass is 9.91. The standard InChI is InChI=1S/C76H97F3N12O8SSi/c1-44(2)64(72(95)90-41-56(93)36-61(90)71(94)82-48(9)50-14-16-51(17-15-50)69-49(10)81-43-100-69)62-37-63(85-99-62)88-29-27-87(28-30-88)42-76(79)23-25-86(26-24-76)31-32-97-73-83-68-59(70(84-73)89-39-53-19-20-54(40-89)91(53)74(96)98-75(11,12)13)38-80-67(66(68)78)58-35-55(92)34-52-18-21-60(77)57(65(52)58)22-33-101(45(3)4,46(5)6)47(7)8/h14-18,21,34-35,37-38,43-48,53-54,56,61,64,92-93H,19-20,23-32,36,39-42H2,1-13H3,(H,82,94)/t48-,53?,54?,56+,61-,64+/m0/s1. The van der Waals surface area contributed by atoms with Crippen molar-refractivity contribution in [2.45, 2.75) is 186 Å². The maximum atomic E-state index is 18.0. The first kappa shape index (κ1) is 72.9. The van der Waals surface area contributed by atoms with Crippen molar-refractivity contribution in [3.63, 3.8) is 0 Å². The Labute approximate surface area is 595 Å². The molecule has 3 aromatic carbocycles. The normalized spacial score (nSPS) is 20.6. The topological polar surface area (TPSA) is 219 Å². The quantitative estimate of drug-likeness (QED) is 0.0506. The Morgan fingerprint density at radius 1 is 0.851 bits per heavy atom. The van der Waals surface area contributed by atoms with Crippen molar-refractivity contribution < 1.29 is 51.8 Å². The van der Waals surface area contributed by atoms with E-state index in [-0.39, 0.29) is 119 Å². The van der Waals surface area contributed by atoms with E-state index < -0.39 is 49.0 Å². The van der Waals surface area contributed by atoms with E-state index in [9.17, 15) is 24.6 Å². The second-order valence-corrected chi connectivity index (χ2v) is 37.2. The van der Waals surface area contributed by atoms with E-state index in [0.717, 1.165) is 34.5 Å². The number of phenolic OH excluding ortho intramolecular Hbond substituents is 1. The van der Waals surface area contributed by atoms with Gasteiger partial charge in [-0.2, -0.15) is 9.97 Å². The van der Waals surface area contributed by atoms with Gasteiger partial charge in [-0.05, 0) is 118 Å². The zero-order valence-electron chi connectivity index (χ0n) is 60.5. The summed E-state index contributed by atoms with van der Waals surface area (Å²) in [6.45, 7) is 31.1. The summed E-state index contributed by atoms with van der Waals surface area (Å²) in [6.07, 6.45) is 2.44. The lowest BCUT2D eigenvalue weighted by molar-refractivity contribution is -0.141. The van der Waals surface area contributed by atoms with Crippen LogP contribution in [0.4, 0.5) is 29.6 Å². The number of piperazine rings is 2. The highest BCUT2D eigenvalue weighted by atomic mass is 32.1. The van der Waals surface area contributed by atoms with Gasteiger partial charge >= 0.3 is 12.1 Å². The van der Waals surface area contributed by atoms with E-state index >= 15 is 13.2 Å². The van der Waals surface area contributed by atoms with Crippen molar-refractivity contribution in [1.29, 1.82) is 0 Å². The van der Waals surface area contributed by atoms with Gasteiger partial charge in [0.2, 0.25) is 11.8 Å². The van der Waals surface area contributed by atoms with Gasteiger partial charge in [0.25, 0.3) is 0 Å². The third kappa shape index (κ3) is 15.2. The van der Waals surface area contributed by atoms with E-state index in [0.29, 0.717) is 105 Å². The highest BCUT2D eigenvalue weighted by Crippen LogP contribution is 2.44. The van der Waals surface area contributed by atoms with Crippen molar-refractivity contribution in [2.24, 2.45) is 5.92 Å². The summed E-state index contributed by atoms with van der Waals surface area (Å²) in [6, 6.07) is 13.8. The summed E-state index contributed by atoms with van der Waals surface area (Å²) in [5.74, 6) is 1.41. The molecule has 5 aliphatic heterocycles. The number of nitrogens with one attached hydrogen (secondary N) is 1. The minimum absolute atomic E-state index is 0.0151. The Bertz CT molecular complexity index is 4220. The lowest BCUT2D eigenvalue weighted by Gasteiger charge is -2.42. The second kappa shape index (κ2) is 29.5. The lowest BCUT2D eigenvalue weighted by Crippen LogP contribution is -2.57. The summed E-state index contributed by atoms with van der Waals surface area (Å²) < 4.78 is 69.5. The average molecular weight is 1420 g/mol. The molecule has 20 nitrogen and oxygen atoms in total. The molecule has 0 radical (unpaired) electrons. The van der Waals surface area contributed by atoms with Crippen LogP contribution in [-0.2, 0) is 14.3 Å². The zero-order chi connectivity index (χ0) is 72.1. The first-order valence-electron chi connectivity index (χ1n) is 35.9. The fourth-order valence-electron chi connectivity index (χ4n) is 16.4. The summed E-state index contributed by atoms with van der Waals surface area (Å²) in [5.41, 5.74) is 7.03. The number of anilines is 2. The molecule has 3 amide bonds. The van der Waals surface area contributed by atoms with Crippen molar-refractivity contribution in [3.05, 3.63) is 101 Å². The van der Waals surface area contributed by atoms with Gasteiger partial charge in [0, 0.05) is 102 Å². The summed E-state index contributed by atoms with van der Waals surface area (Å²) in [5, 5.41) is 30.7. The Balaban J connectivity index is 0.698. The van der Waals surface area contributed by atoms with Crippen LogP contribution in [0.5, 0.6) is 11.8 Å². The molecule has 540 valence electrons. The van der Waals surface area contributed by atoms with Crippen LogP contribution in [0.1, 0.15) is 150 Å². The Kier molecular flexibility index (Phi) is 21.3. The second-order valence-electron chi connectivity index (χ2n) is 30.8. The average Bonchev–Trinajstić information content (AvgIpc) is 1.68. The number of pyridine rings is 1. The van der Waals surface area contributed by atoms with Gasteiger partial charge in [-0.1, -0.05) is 96.8 Å². The summed E-state index contributed by atoms with van der Waals surface area (Å²) >= 11 is 1.58. The van der Waals surface area contributed by atoms with Crippen molar-refractivity contribution >= 4 is 70.6 Å². The van der Waals surface area contributed by atoms with E-state index in [1.165, 1.54) is 29.3 Å². The van der Waals surface area contributed by atoms with Crippen LogP contribution < -0.4 is 19.9 Å². The monoisotopic (exact) mass is 1420 g/mol. The maximum absolute atomic E-state index is 18.0. The highest BCUT2D eigenvalue weighted by Gasteiger charge is 2.48. The third-order valence-electron chi connectivity index (χ3n) is 21.6. The number of amides is 3. The molecule has 2 bridgehead atoms. The molecule has 101 heavy (non-hydrogen) atoms. The van der Waals surface area contributed by atoms with Gasteiger partial charge in [0.15, 0.2) is 17.4 Å². The zero-order valence-corrected chi connectivity index (χ0v) is 62.3. The number of β-amino-alcohol motifs (C(OH)–C–C–N with tert-alkyl or cyclic N) is 1. The van der Waals surface area contributed by atoms with Gasteiger partial charge in [0.05, 0.1) is 51.3 Å². The predicted molar refractivity (Wildman–Crippen MR) is 390 cm³/mol.